The second-order valence-corrected chi connectivity index (χ2v) is 3.90. The molecular formula is C10H11ClN4O. The van der Waals surface area contributed by atoms with Gasteiger partial charge in [0.1, 0.15) is 5.15 Å². The van der Waals surface area contributed by atoms with Crippen LogP contribution in [-0.2, 0) is 13.5 Å². The van der Waals surface area contributed by atoms with Gasteiger partial charge in [-0.15, -0.1) is 5.10 Å². The van der Waals surface area contributed by atoms with Gasteiger partial charge >= 0.3 is 0 Å². The van der Waals surface area contributed by atoms with Gasteiger partial charge in [0.05, 0.1) is 11.8 Å². The first-order valence-electron chi connectivity index (χ1n) is 4.80. The van der Waals surface area contributed by atoms with Gasteiger partial charge < -0.3 is 5.11 Å². The van der Waals surface area contributed by atoms with Crippen LogP contribution in [0.3, 0.4) is 0 Å². The Hall–Kier alpha value is -1.46. The number of aryl methyl sites for hydroxylation is 1. The molecule has 0 saturated carbocycles. The van der Waals surface area contributed by atoms with Crippen LogP contribution in [0.4, 0.5) is 0 Å². The summed E-state index contributed by atoms with van der Waals surface area (Å²) in [4.78, 5) is 3.86. The summed E-state index contributed by atoms with van der Waals surface area (Å²) >= 11 is 5.74. The average Bonchev–Trinajstić information content (AvgIpc) is 2.64. The molecule has 2 rings (SSSR count). The van der Waals surface area contributed by atoms with Crippen molar-refractivity contribution in [1.29, 1.82) is 0 Å². The highest BCUT2D eigenvalue weighted by Crippen LogP contribution is 2.18. The first kappa shape index (κ1) is 11.0. The van der Waals surface area contributed by atoms with Gasteiger partial charge in [0.15, 0.2) is 0 Å². The molecule has 0 radical (unpaired) electrons. The lowest BCUT2D eigenvalue weighted by atomic mass is 10.1. The Labute approximate surface area is 97.7 Å². The van der Waals surface area contributed by atoms with E-state index in [0.717, 1.165) is 11.3 Å². The SMILES string of the molecule is Cn1cc(CC(O)c2ccnc(Cl)c2)nn1. The van der Waals surface area contributed by atoms with Crippen LogP contribution in [0.5, 0.6) is 0 Å². The average molecular weight is 239 g/mol. The lowest BCUT2D eigenvalue weighted by molar-refractivity contribution is 0.177. The van der Waals surface area contributed by atoms with Gasteiger partial charge in [0, 0.05) is 25.9 Å². The highest BCUT2D eigenvalue weighted by atomic mass is 35.5. The predicted octanol–water partition coefficient (Wildman–Crippen LogP) is 1.14. The molecule has 0 aliphatic heterocycles. The monoisotopic (exact) mass is 238 g/mol. The number of hydrogen-bond acceptors (Lipinski definition) is 4. The Kier molecular flexibility index (Phi) is 3.17. The zero-order chi connectivity index (χ0) is 11.5. The molecule has 0 fully saturated rings. The number of nitrogens with zero attached hydrogens (tertiary/aromatic N) is 4. The molecule has 84 valence electrons. The van der Waals surface area contributed by atoms with E-state index in [1.807, 2.05) is 0 Å². The standard InChI is InChI=1S/C10H11ClN4O/c1-15-6-8(13-14-15)5-9(16)7-2-3-12-10(11)4-7/h2-4,6,9,16H,5H2,1H3. The molecular weight excluding hydrogens is 228 g/mol. The zero-order valence-electron chi connectivity index (χ0n) is 8.71. The van der Waals surface area contributed by atoms with E-state index < -0.39 is 6.10 Å². The lowest BCUT2D eigenvalue weighted by Gasteiger charge is -2.08. The summed E-state index contributed by atoms with van der Waals surface area (Å²) in [6, 6.07) is 3.37. The molecule has 0 aliphatic carbocycles. The molecule has 1 N–H and O–H groups in total. The van der Waals surface area contributed by atoms with Gasteiger partial charge in [-0.3, -0.25) is 4.68 Å². The third-order valence-corrected chi connectivity index (χ3v) is 2.39. The maximum absolute atomic E-state index is 9.94. The molecule has 0 aliphatic rings. The van der Waals surface area contributed by atoms with E-state index in [1.54, 1.807) is 36.3 Å². The summed E-state index contributed by atoms with van der Waals surface area (Å²) in [7, 11) is 1.78. The van der Waals surface area contributed by atoms with Crippen LogP contribution in [0, 0.1) is 0 Å². The zero-order valence-corrected chi connectivity index (χ0v) is 9.46. The van der Waals surface area contributed by atoms with Crippen molar-refractivity contribution in [1.82, 2.24) is 20.0 Å². The van der Waals surface area contributed by atoms with Crippen molar-refractivity contribution >= 4 is 11.6 Å². The smallest absolute Gasteiger partial charge is 0.129 e. The number of aromatic nitrogens is 4. The second-order valence-electron chi connectivity index (χ2n) is 3.52. The van der Waals surface area contributed by atoms with Crippen LogP contribution >= 0.6 is 11.6 Å². The summed E-state index contributed by atoms with van der Waals surface area (Å²) < 4.78 is 1.60. The fourth-order valence-electron chi connectivity index (χ4n) is 1.43. The van der Waals surface area contributed by atoms with Crippen LogP contribution in [0.2, 0.25) is 5.15 Å². The van der Waals surface area contributed by atoms with E-state index in [0.29, 0.717) is 11.6 Å². The Morgan fingerprint density at radius 1 is 1.56 bits per heavy atom. The summed E-state index contributed by atoms with van der Waals surface area (Å²) in [6.07, 6.45) is 3.11. The number of hydrogen-bond donors (Lipinski definition) is 1. The predicted molar refractivity (Wildman–Crippen MR) is 58.9 cm³/mol. The maximum Gasteiger partial charge on any atom is 0.129 e. The fourth-order valence-corrected chi connectivity index (χ4v) is 1.61. The second kappa shape index (κ2) is 4.59. The van der Waals surface area contributed by atoms with E-state index in [4.69, 9.17) is 11.6 Å². The topological polar surface area (TPSA) is 63.8 Å². The summed E-state index contributed by atoms with van der Waals surface area (Å²) in [5, 5.41) is 18.0. The molecule has 1 atom stereocenters. The summed E-state index contributed by atoms with van der Waals surface area (Å²) in [6.45, 7) is 0. The molecule has 1 unspecified atom stereocenters. The van der Waals surface area contributed by atoms with Gasteiger partial charge in [-0.1, -0.05) is 16.8 Å². The molecule has 0 saturated heterocycles. The van der Waals surface area contributed by atoms with Crippen molar-refractivity contribution in [3.63, 3.8) is 0 Å². The van der Waals surface area contributed by atoms with E-state index >= 15 is 0 Å². The third-order valence-electron chi connectivity index (χ3n) is 2.19. The van der Waals surface area contributed by atoms with Gasteiger partial charge in [0.2, 0.25) is 0 Å². The van der Waals surface area contributed by atoms with Gasteiger partial charge in [-0.2, -0.15) is 0 Å². The largest absolute Gasteiger partial charge is 0.388 e. The van der Waals surface area contributed by atoms with Crippen LogP contribution in [-0.4, -0.2) is 25.1 Å². The van der Waals surface area contributed by atoms with E-state index in [9.17, 15) is 5.11 Å². The summed E-state index contributed by atoms with van der Waals surface area (Å²) in [5.41, 5.74) is 1.47. The van der Waals surface area contributed by atoms with E-state index in [2.05, 4.69) is 15.3 Å². The van der Waals surface area contributed by atoms with E-state index in [1.165, 1.54) is 0 Å². The Balaban J connectivity index is 2.11. The van der Waals surface area contributed by atoms with Crippen molar-refractivity contribution < 1.29 is 5.11 Å². The quantitative estimate of drug-likeness (QED) is 0.815. The first-order valence-corrected chi connectivity index (χ1v) is 5.17. The van der Waals surface area contributed by atoms with Crippen LogP contribution in [0.1, 0.15) is 17.4 Å². The molecule has 16 heavy (non-hydrogen) atoms. The Morgan fingerprint density at radius 2 is 2.38 bits per heavy atom. The number of pyridine rings is 1. The van der Waals surface area contributed by atoms with Crippen molar-refractivity contribution in [2.24, 2.45) is 7.05 Å². The number of aliphatic hydroxyl groups is 1. The third kappa shape index (κ3) is 2.56. The molecule has 5 nitrogen and oxygen atoms in total. The van der Waals surface area contributed by atoms with Crippen molar-refractivity contribution in [2.75, 3.05) is 0 Å². The maximum atomic E-state index is 9.94. The molecule has 0 amide bonds. The lowest BCUT2D eigenvalue weighted by Crippen LogP contribution is -2.02. The van der Waals surface area contributed by atoms with E-state index in [-0.39, 0.29) is 0 Å². The van der Waals surface area contributed by atoms with Crippen LogP contribution in [0.15, 0.2) is 24.5 Å². The number of aliphatic hydroxyl groups excluding tert-OH is 1. The minimum Gasteiger partial charge on any atom is -0.388 e. The molecule has 2 heterocycles. The van der Waals surface area contributed by atoms with Gasteiger partial charge in [-0.25, -0.2) is 4.98 Å². The van der Waals surface area contributed by atoms with Gasteiger partial charge in [-0.05, 0) is 17.7 Å². The summed E-state index contributed by atoms with van der Waals surface area (Å²) in [5.74, 6) is 0. The highest BCUT2D eigenvalue weighted by molar-refractivity contribution is 6.29. The minimum absolute atomic E-state index is 0.371. The molecule has 0 aromatic carbocycles. The number of halogens is 1. The highest BCUT2D eigenvalue weighted by Gasteiger charge is 2.11. The van der Waals surface area contributed by atoms with Gasteiger partial charge in [0.25, 0.3) is 0 Å². The normalized spacial score (nSPS) is 12.7. The molecule has 2 aromatic heterocycles. The van der Waals surface area contributed by atoms with Crippen molar-refractivity contribution in [3.8, 4) is 0 Å². The molecule has 6 heteroatoms. The molecule has 0 spiro atoms. The molecule has 0 bridgehead atoms. The molecule has 2 aromatic rings. The van der Waals surface area contributed by atoms with Crippen LogP contribution < -0.4 is 0 Å². The van der Waals surface area contributed by atoms with Crippen molar-refractivity contribution in [3.05, 3.63) is 40.9 Å². The fraction of sp³-hybridized carbons (Fsp3) is 0.300. The van der Waals surface area contributed by atoms with Crippen LogP contribution in [0.25, 0.3) is 0 Å². The Morgan fingerprint density at radius 3 is 3.00 bits per heavy atom. The minimum atomic E-state index is -0.641. The first-order chi connectivity index (χ1) is 7.65. The van der Waals surface area contributed by atoms with Crippen molar-refractivity contribution in [2.45, 2.75) is 12.5 Å². The Bertz CT molecular complexity index is 485. The number of rotatable bonds is 3.